The zero-order valence-corrected chi connectivity index (χ0v) is 7.03. The average molecular weight is 223 g/mol. The van der Waals surface area contributed by atoms with Crippen molar-refractivity contribution in [1.29, 1.82) is 0 Å². The number of hydrogen-bond acceptors (Lipinski definition) is 1. The zero-order valence-electron chi connectivity index (χ0n) is 5.44. The van der Waals surface area contributed by atoms with Crippen molar-refractivity contribution in [3.63, 3.8) is 0 Å². The normalized spacial score (nSPS) is 10.2. The van der Waals surface area contributed by atoms with Gasteiger partial charge >= 0.3 is 0 Å². The van der Waals surface area contributed by atoms with Crippen molar-refractivity contribution in [2.24, 2.45) is 0 Å². The Morgan fingerprint density at radius 3 is 2.27 bits per heavy atom. The van der Waals surface area contributed by atoms with E-state index in [1.54, 1.807) is 0 Å². The molecule has 1 aromatic rings. The minimum absolute atomic E-state index is 0.0139. The number of aliphatic hydroxyl groups excluding tert-OH is 1. The summed E-state index contributed by atoms with van der Waals surface area (Å²) < 4.78 is 25.3. The molecule has 0 spiro atoms. The predicted octanol–water partition coefficient (Wildman–Crippen LogP) is 2.22. The molecule has 0 fully saturated rings. The molecule has 0 heterocycles. The molecule has 0 saturated carbocycles. The van der Waals surface area contributed by atoms with Gasteiger partial charge < -0.3 is 5.11 Å². The van der Waals surface area contributed by atoms with Gasteiger partial charge in [-0.1, -0.05) is 0 Å². The van der Waals surface area contributed by atoms with Crippen LogP contribution in [-0.2, 0) is 6.61 Å². The summed E-state index contributed by atoms with van der Waals surface area (Å²) in [6.07, 6.45) is 0. The molecular formula is C7H5BrF2O. The van der Waals surface area contributed by atoms with Crippen molar-refractivity contribution in [3.05, 3.63) is 33.8 Å². The van der Waals surface area contributed by atoms with E-state index in [9.17, 15) is 8.78 Å². The molecule has 1 rings (SSSR count). The fourth-order valence-electron chi connectivity index (χ4n) is 0.714. The molecule has 0 saturated heterocycles. The zero-order chi connectivity index (χ0) is 8.43. The van der Waals surface area contributed by atoms with E-state index in [2.05, 4.69) is 15.9 Å². The van der Waals surface area contributed by atoms with Crippen molar-refractivity contribution in [1.82, 2.24) is 0 Å². The van der Waals surface area contributed by atoms with E-state index in [-0.39, 0.29) is 10.0 Å². The standard InChI is InChI=1S/C7H5BrF2O/c8-7-4(3-11)5(9)1-2-6(7)10/h1-2,11H,3H2. The van der Waals surface area contributed by atoms with Crippen LogP contribution >= 0.6 is 15.9 Å². The van der Waals surface area contributed by atoms with Gasteiger partial charge in [-0.05, 0) is 28.1 Å². The van der Waals surface area contributed by atoms with Crippen LogP contribution in [0.25, 0.3) is 0 Å². The summed E-state index contributed by atoms with van der Waals surface area (Å²) >= 11 is 2.82. The van der Waals surface area contributed by atoms with Crippen LogP contribution in [0, 0.1) is 11.6 Å². The third-order valence-corrected chi connectivity index (χ3v) is 2.15. The highest BCUT2D eigenvalue weighted by Gasteiger charge is 2.09. The maximum atomic E-state index is 12.7. The fourth-order valence-corrected chi connectivity index (χ4v) is 1.16. The highest BCUT2D eigenvalue weighted by Crippen LogP contribution is 2.22. The lowest BCUT2D eigenvalue weighted by Gasteiger charge is -2.02. The van der Waals surface area contributed by atoms with Gasteiger partial charge in [-0.2, -0.15) is 0 Å². The van der Waals surface area contributed by atoms with E-state index in [0.717, 1.165) is 12.1 Å². The molecule has 0 bridgehead atoms. The van der Waals surface area contributed by atoms with E-state index < -0.39 is 18.2 Å². The van der Waals surface area contributed by atoms with E-state index in [4.69, 9.17) is 5.11 Å². The summed E-state index contributed by atoms with van der Waals surface area (Å²) in [4.78, 5) is 0. The minimum atomic E-state index is -0.610. The molecule has 60 valence electrons. The fraction of sp³-hybridized carbons (Fsp3) is 0.143. The van der Waals surface area contributed by atoms with Crippen molar-refractivity contribution in [3.8, 4) is 0 Å². The first-order valence-electron chi connectivity index (χ1n) is 2.90. The second-order valence-electron chi connectivity index (χ2n) is 1.98. The lowest BCUT2D eigenvalue weighted by molar-refractivity contribution is 0.274. The molecule has 4 heteroatoms. The van der Waals surface area contributed by atoms with Gasteiger partial charge in [-0.25, -0.2) is 8.78 Å². The molecule has 0 aliphatic heterocycles. The van der Waals surface area contributed by atoms with Crippen LogP contribution in [0.3, 0.4) is 0 Å². The Labute approximate surface area is 70.8 Å². The Kier molecular flexibility index (Phi) is 2.57. The number of hydrogen-bond donors (Lipinski definition) is 1. The van der Waals surface area contributed by atoms with Crippen molar-refractivity contribution in [2.45, 2.75) is 6.61 Å². The van der Waals surface area contributed by atoms with Gasteiger partial charge in [0, 0.05) is 5.56 Å². The van der Waals surface area contributed by atoms with Crippen LogP contribution in [0.4, 0.5) is 8.78 Å². The molecule has 0 unspecified atom stereocenters. The van der Waals surface area contributed by atoms with Crippen LogP contribution in [0.2, 0.25) is 0 Å². The van der Waals surface area contributed by atoms with Gasteiger partial charge in [0.05, 0.1) is 11.1 Å². The lowest BCUT2D eigenvalue weighted by Crippen LogP contribution is -1.93. The van der Waals surface area contributed by atoms with Gasteiger partial charge in [0.25, 0.3) is 0 Å². The van der Waals surface area contributed by atoms with Gasteiger partial charge in [0.1, 0.15) is 11.6 Å². The topological polar surface area (TPSA) is 20.2 Å². The Hall–Kier alpha value is -0.480. The number of rotatable bonds is 1. The summed E-state index contributed by atoms with van der Waals surface area (Å²) in [5.41, 5.74) is -0.0509. The van der Waals surface area contributed by atoms with Crippen LogP contribution in [0.15, 0.2) is 16.6 Å². The molecule has 0 amide bonds. The van der Waals surface area contributed by atoms with Gasteiger partial charge in [0.2, 0.25) is 0 Å². The molecule has 0 aliphatic carbocycles. The van der Waals surface area contributed by atoms with Crippen LogP contribution in [0.5, 0.6) is 0 Å². The maximum absolute atomic E-state index is 12.7. The quantitative estimate of drug-likeness (QED) is 0.723. The Morgan fingerprint density at radius 2 is 1.82 bits per heavy atom. The Bertz CT molecular complexity index is 275. The summed E-state index contributed by atoms with van der Waals surface area (Å²) in [7, 11) is 0. The van der Waals surface area contributed by atoms with Crippen molar-refractivity contribution >= 4 is 15.9 Å². The summed E-state index contributed by atoms with van der Waals surface area (Å²) in [5.74, 6) is -1.18. The van der Waals surface area contributed by atoms with Crippen LogP contribution < -0.4 is 0 Å². The molecular weight excluding hydrogens is 218 g/mol. The third-order valence-electron chi connectivity index (χ3n) is 1.30. The molecule has 0 atom stereocenters. The summed E-state index contributed by atoms with van der Waals surface area (Å²) in [6, 6.07) is 1.98. The predicted molar refractivity (Wildman–Crippen MR) is 40.0 cm³/mol. The molecule has 0 radical (unpaired) electrons. The monoisotopic (exact) mass is 222 g/mol. The summed E-state index contributed by atoms with van der Waals surface area (Å²) in [6.45, 7) is -0.510. The van der Waals surface area contributed by atoms with Crippen molar-refractivity contribution < 1.29 is 13.9 Å². The first kappa shape index (κ1) is 8.62. The van der Waals surface area contributed by atoms with Gasteiger partial charge in [0.15, 0.2) is 0 Å². The Balaban J connectivity index is 3.29. The highest BCUT2D eigenvalue weighted by atomic mass is 79.9. The minimum Gasteiger partial charge on any atom is -0.392 e. The van der Waals surface area contributed by atoms with E-state index in [1.165, 1.54) is 0 Å². The van der Waals surface area contributed by atoms with E-state index >= 15 is 0 Å². The molecule has 1 aromatic carbocycles. The third kappa shape index (κ3) is 1.57. The molecule has 0 aromatic heterocycles. The van der Waals surface area contributed by atoms with Crippen LogP contribution in [-0.4, -0.2) is 5.11 Å². The highest BCUT2D eigenvalue weighted by molar-refractivity contribution is 9.10. The first-order chi connectivity index (χ1) is 5.16. The van der Waals surface area contributed by atoms with Crippen LogP contribution in [0.1, 0.15) is 5.56 Å². The molecule has 1 nitrogen and oxygen atoms in total. The smallest absolute Gasteiger partial charge is 0.137 e. The number of halogens is 3. The lowest BCUT2D eigenvalue weighted by atomic mass is 10.2. The Morgan fingerprint density at radius 1 is 1.27 bits per heavy atom. The van der Waals surface area contributed by atoms with Crippen molar-refractivity contribution in [2.75, 3.05) is 0 Å². The SMILES string of the molecule is OCc1c(F)ccc(F)c1Br. The molecule has 0 aliphatic rings. The number of benzene rings is 1. The molecule has 11 heavy (non-hydrogen) atoms. The average Bonchev–Trinajstić information content (AvgIpc) is 1.99. The maximum Gasteiger partial charge on any atom is 0.137 e. The van der Waals surface area contributed by atoms with E-state index in [1.807, 2.05) is 0 Å². The van der Waals surface area contributed by atoms with Gasteiger partial charge in [-0.15, -0.1) is 0 Å². The number of aliphatic hydroxyl groups is 1. The second-order valence-corrected chi connectivity index (χ2v) is 2.77. The molecule has 1 N–H and O–H groups in total. The second kappa shape index (κ2) is 3.28. The van der Waals surface area contributed by atoms with Gasteiger partial charge in [-0.3, -0.25) is 0 Å². The first-order valence-corrected chi connectivity index (χ1v) is 3.69. The van der Waals surface area contributed by atoms with E-state index in [0.29, 0.717) is 0 Å². The largest absolute Gasteiger partial charge is 0.392 e. The summed E-state index contributed by atoms with van der Waals surface area (Å²) in [5, 5.41) is 8.59.